The number of aromatic nitrogens is 1. The highest BCUT2D eigenvalue weighted by Gasteiger charge is 2.06. The van der Waals surface area contributed by atoms with Crippen molar-refractivity contribution in [2.24, 2.45) is 5.73 Å². The third kappa shape index (κ3) is 6.10. The molecule has 0 aliphatic rings. The summed E-state index contributed by atoms with van der Waals surface area (Å²) < 4.78 is 5.98. The van der Waals surface area contributed by atoms with Gasteiger partial charge in [-0.15, -0.1) is 0 Å². The van der Waals surface area contributed by atoms with Gasteiger partial charge in [0.1, 0.15) is 11.6 Å². The molecule has 0 saturated carbocycles. The lowest BCUT2D eigenvalue weighted by molar-refractivity contribution is 0.1000. The highest BCUT2D eigenvalue weighted by molar-refractivity contribution is 5.93. The van der Waals surface area contributed by atoms with Gasteiger partial charge in [-0.3, -0.25) is 4.79 Å². The summed E-state index contributed by atoms with van der Waals surface area (Å²) in [6.07, 6.45) is 6.30. The molecule has 1 heterocycles. The Morgan fingerprint density at radius 3 is 2.80 bits per heavy atom. The van der Waals surface area contributed by atoms with Crippen molar-refractivity contribution in [3.8, 4) is 5.75 Å². The van der Waals surface area contributed by atoms with Crippen LogP contribution in [0.1, 0.15) is 54.1 Å². The fourth-order valence-electron chi connectivity index (χ4n) is 2.52. The average Bonchev–Trinajstić information content (AvgIpc) is 2.61. The van der Waals surface area contributed by atoms with E-state index in [-0.39, 0.29) is 0 Å². The summed E-state index contributed by atoms with van der Waals surface area (Å²) in [5.41, 5.74) is 7.97. The summed E-state index contributed by atoms with van der Waals surface area (Å²) in [5, 5.41) is 3.23. The molecule has 25 heavy (non-hydrogen) atoms. The number of nitrogens with two attached hydrogens (primary N) is 1. The highest BCUT2D eigenvalue weighted by atomic mass is 16.5. The molecule has 2 rings (SSSR count). The first kappa shape index (κ1) is 18.8. The molecule has 3 N–H and O–H groups in total. The number of nitrogens with zero attached hydrogens (tertiary/aromatic N) is 1. The molecule has 0 aliphatic heterocycles. The van der Waals surface area contributed by atoms with Crippen molar-refractivity contribution in [3.63, 3.8) is 0 Å². The predicted molar refractivity (Wildman–Crippen MR) is 101 cm³/mol. The van der Waals surface area contributed by atoms with Crippen molar-refractivity contribution in [1.82, 2.24) is 4.98 Å². The molecule has 5 nitrogen and oxygen atoms in total. The van der Waals surface area contributed by atoms with Crippen molar-refractivity contribution in [1.29, 1.82) is 0 Å². The smallest absolute Gasteiger partial charge is 0.248 e. The van der Waals surface area contributed by atoms with E-state index in [1.165, 1.54) is 24.8 Å². The summed E-state index contributed by atoms with van der Waals surface area (Å²) in [6.45, 7) is 5.55. The van der Waals surface area contributed by atoms with Crippen LogP contribution in [0.15, 0.2) is 36.5 Å². The molecule has 2 aromatic rings. The topological polar surface area (TPSA) is 77.2 Å². The molecule has 1 amide bonds. The maximum absolute atomic E-state index is 11.3. The number of rotatable bonds is 10. The van der Waals surface area contributed by atoms with Gasteiger partial charge in [-0.05, 0) is 37.1 Å². The number of carbonyl (C=O) groups is 1. The quantitative estimate of drug-likeness (QED) is 0.639. The first-order valence-electron chi connectivity index (χ1n) is 8.82. The number of hydrogen-bond donors (Lipinski definition) is 2. The van der Waals surface area contributed by atoms with Crippen molar-refractivity contribution < 1.29 is 9.53 Å². The van der Waals surface area contributed by atoms with Gasteiger partial charge in [0.05, 0.1) is 6.61 Å². The Morgan fingerprint density at radius 2 is 2.04 bits per heavy atom. The van der Waals surface area contributed by atoms with E-state index in [1.807, 2.05) is 0 Å². The molecule has 1 aromatic carbocycles. The number of unbranched alkanes of at least 4 members (excludes halogenated alkanes) is 3. The molecule has 134 valence electrons. The molecular formula is C20H27N3O2. The minimum absolute atomic E-state index is 0.439. The van der Waals surface area contributed by atoms with Gasteiger partial charge < -0.3 is 15.8 Å². The Bertz CT molecular complexity index is 701. The number of amides is 1. The van der Waals surface area contributed by atoms with Crippen LogP contribution < -0.4 is 15.8 Å². The van der Waals surface area contributed by atoms with Crippen molar-refractivity contribution in [2.75, 3.05) is 11.9 Å². The SMILES string of the molecule is CCCCCCOc1cc(C)ccc1CNc1cc(C(N)=O)ccn1. The van der Waals surface area contributed by atoms with Crippen LogP contribution in [0.5, 0.6) is 5.75 Å². The van der Waals surface area contributed by atoms with Gasteiger partial charge in [0.15, 0.2) is 0 Å². The first-order chi connectivity index (χ1) is 12.1. The monoisotopic (exact) mass is 341 g/mol. The molecule has 0 aliphatic carbocycles. The van der Waals surface area contributed by atoms with Crippen LogP contribution in [0.25, 0.3) is 0 Å². The van der Waals surface area contributed by atoms with E-state index in [9.17, 15) is 4.79 Å². The number of carbonyl (C=O) groups excluding carboxylic acids is 1. The van der Waals surface area contributed by atoms with Crippen LogP contribution in [0.4, 0.5) is 5.82 Å². The van der Waals surface area contributed by atoms with E-state index in [0.29, 0.717) is 17.9 Å². The Morgan fingerprint density at radius 1 is 1.20 bits per heavy atom. The largest absolute Gasteiger partial charge is 0.493 e. The summed E-state index contributed by atoms with van der Waals surface area (Å²) in [6, 6.07) is 9.44. The second-order valence-electron chi connectivity index (χ2n) is 6.17. The second-order valence-corrected chi connectivity index (χ2v) is 6.17. The lowest BCUT2D eigenvalue weighted by Gasteiger charge is -2.14. The maximum atomic E-state index is 11.3. The number of benzene rings is 1. The Labute approximate surface area is 149 Å². The normalized spacial score (nSPS) is 10.5. The van der Waals surface area contributed by atoms with Crippen LogP contribution >= 0.6 is 0 Å². The number of aryl methyl sites for hydroxylation is 1. The molecule has 0 bridgehead atoms. The molecule has 0 fully saturated rings. The second kappa shape index (κ2) is 9.67. The summed E-state index contributed by atoms with van der Waals surface area (Å²) in [7, 11) is 0. The number of nitrogens with one attached hydrogen (secondary N) is 1. The Kier molecular flexibility index (Phi) is 7.26. The van der Waals surface area contributed by atoms with Crippen LogP contribution in [-0.2, 0) is 6.54 Å². The zero-order chi connectivity index (χ0) is 18.1. The van der Waals surface area contributed by atoms with E-state index < -0.39 is 5.91 Å². The van der Waals surface area contributed by atoms with Gasteiger partial charge in [-0.25, -0.2) is 4.98 Å². The number of ether oxygens (including phenoxy) is 1. The van der Waals surface area contributed by atoms with E-state index in [1.54, 1.807) is 18.3 Å². The lowest BCUT2D eigenvalue weighted by Crippen LogP contribution is -2.12. The summed E-state index contributed by atoms with van der Waals surface area (Å²) >= 11 is 0. The third-order valence-corrected chi connectivity index (χ3v) is 3.98. The predicted octanol–water partition coefficient (Wildman–Crippen LogP) is 4.06. The standard InChI is InChI=1S/C20H27N3O2/c1-3-4-5-6-11-25-18-12-15(2)7-8-17(18)14-23-19-13-16(20(21)24)9-10-22-19/h7-10,12-13H,3-6,11,14H2,1-2H3,(H2,21,24)(H,22,23). The minimum atomic E-state index is -0.461. The number of primary amides is 1. The van der Waals surface area contributed by atoms with Crippen LogP contribution in [0, 0.1) is 6.92 Å². The van der Waals surface area contributed by atoms with E-state index in [2.05, 4.69) is 42.3 Å². The number of pyridine rings is 1. The van der Waals surface area contributed by atoms with Crippen LogP contribution in [0.3, 0.4) is 0 Å². The number of anilines is 1. The van der Waals surface area contributed by atoms with E-state index in [4.69, 9.17) is 10.5 Å². The highest BCUT2D eigenvalue weighted by Crippen LogP contribution is 2.22. The zero-order valence-electron chi connectivity index (χ0n) is 15.0. The molecule has 5 heteroatoms. The van der Waals surface area contributed by atoms with Gasteiger partial charge in [0, 0.05) is 23.9 Å². The molecular weight excluding hydrogens is 314 g/mol. The first-order valence-corrected chi connectivity index (χ1v) is 8.82. The minimum Gasteiger partial charge on any atom is -0.493 e. The van der Waals surface area contributed by atoms with Crippen molar-refractivity contribution in [3.05, 3.63) is 53.2 Å². The van der Waals surface area contributed by atoms with Gasteiger partial charge in [-0.2, -0.15) is 0 Å². The third-order valence-electron chi connectivity index (χ3n) is 3.98. The summed E-state index contributed by atoms with van der Waals surface area (Å²) in [4.78, 5) is 15.5. The Hall–Kier alpha value is -2.56. The van der Waals surface area contributed by atoms with Crippen molar-refractivity contribution >= 4 is 11.7 Å². The van der Waals surface area contributed by atoms with Gasteiger partial charge in [0.25, 0.3) is 0 Å². The van der Waals surface area contributed by atoms with Gasteiger partial charge in [0.2, 0.25) is 5.91 Å². The van der Waals surface area contributed by atoms with Gasteiger partial charge >= 0.3 is 0 Å². The molecule has 0 spiro atoms. The van der Waals surface area contributed by atoms with Crippen LogP contribution in [0.2, 0.25) is 0 Å². The fraction of sp³-hybridized carbons (Fsp3) is 0.400. The fourth-order valence-corrected chi connectivity index (χ4v) is 2.52. The number of hydrogen-bond acceptors (Lipinski definition) is 4. The Balaban J connectivity index is 1.98. The lowest BCUT2D eigenvalue weighted by atomic mass is 10.1. The zero-order valence-corrected chi connectivity index (χ0v) is 15.0. The molecule has 0 atom stereocenters. The van der Waals surface area contributed by atoms with E-state index in [0.717, 1.165) is 24.3 Å². The molecule has 0 radical (unpaired) electrons. The van der Waals surface area contributed by atoms with Gasteiger partial charge in [-0.1, -0.05) is 38.3 Å². The van der Waals surface area contributed by atoms with Crippen LogP contribution in [-0.4, -0.2) is 17.5 Å². The average molecular weight is 341 g/mol. The molecule has 0 unspecified atom stereocenters. The maximum Gasteiger partial charge on any atom is 0.248 e. The summed E-state index contributed by atoms with van der Waals surface area (Å²) in [5.74, 6) is 1.05. The molecule has 0 saturated heterocycles. The van der Waals surface area contributed by atoms with E-state index >= 15 is 0 Å². The van der Waals surface area contributed by atoms with Crippen molar-refractivity contribution in [2.45, 2.75) is 46.1 Å². The molecule has 1 aromatic heterocycles.